The average molecular weight is 310 g/mol. The Morgan fingerprint density at radius 1 is 1.14 bits per heavy atom. The second-order valence-corrected chi connectivity index (χ2v) is 5.47. The molecule has 1 N–H and O–H groups in total. The molecule has 3 rings (SSSR count). The maximum absolute atomic E-state index is 8.55. The highest BCUT2D eigenvalue weighted by atomic mass is 32.1. The summed E-state index contributed by atoms with van der Waals surface area (Å²) < 4.78 is 5.73. The fourth-order valence-corrected chi connectivity index (χ4v) is 2.81. The van der Waals surface area contributed by atoms with E-state index >= 15 is 0 Å². The zero-order valence-corrected chi connectivity index (χ0v) is 12.5. The van der Waals surface area contributed by atoms with Crippen molar-refractivity contribution in [2.75, 3.05) is 0 Å². The van der Waals surface area contributed by atoms with E-state index in [2.05, 4.69) is 10.1 Å². The van der Waals surface area contributed by atoms with Crippen molar-refractivity contribution < 1.29 is 9.94 Å². The molecule has 0 aliphatic heterocycles. The summed E-state index contributed by atoms with van der Waals surface area (Å²) in [6.45, 7) is 0.406. The van der Waals surface area contributed by atoms with Crippen molar-refractivity contribution in [1.82, 2.24) is 4.98 Å². The van der Waals surface area contributed by atoms with Gasteiger partial charge < -0.3 is 9.94 Å². The van der Waals surface area contributed by atoms with Crippen molar-refractivity contribution in [1.29, 1.82) is 0 Å². The molecule has 4 nitrogen and oxygen atoms in total. The lowest BCUT2D eigenvalue weighted by Gasteiger charge is -2.04. The van der Waals surface area contributed by atoms with Gasteiger partial charge in [0.05, 0.1) is 11.9 Å². The fourth-order valence-electron chi connectivity index (χ4n) is 2.00. The van der Waals surface area contributed by atoms with Crippen LogP contribution >= 0.6 is 11.3 Å². The van der Waals surface area contributed by atoms with Crippen LogP contribution in [0.25, 0.3) is 10.6 Å². The molecule has 1 aromatic heterocycles. The first kappa shape index (κ1) is 14.3. The van der Waals surface area contributed by atoms with Gasteiger partial charge >= 0.3 is 0 Å². The number of hydrogen-bond donors (Lipinski definition) is 1. The van der Waals surface area contributed by atoms with E-state index in [1.165, 1.54) is 6.21 Å². The quantitative estimate of drug-likeness (QED) is 0.436. The second kappa shape index (κ2) is 6.87. The number of hydrogen-bond acceptors (Lipinski definition) is 5. The summed E-state index contributed by atoms with van der Waals surface area (Å²) in [6, 6.07) is 17.4. The highest BCUT2D eigenvalue weighted by Gasteiger charge is 2.05. The molecule has 0 saturated heterocycles. The van der Waals surface area contributed by atoms with Gasteiger partial charge in [-0.2, -0.15) is 0 Å². The second-order valence-electron chi connectivity index (χ2n) is 4.62. The minimum absolute atomic E-state index is 0.406. The van der Waals surface area contributed by atoms with Gasteiger partial charge in [-0.15, -0.1) is 11.3 Å². The van der Waals surface area contributed by atoms with Crippen molar-refractivity contribution in [3.8, 4) is 16.3 Å². The molecule has 1 heterocycles. The van der Waals surface area contributed by atoms with Crippen LogP contribution in [0.15, 0.2) is 65.1 Å². The molecule has 0 fully saturated rings. The van der Waals surface area contributed by atoms with Crippen molar-refractivity contribution in [3.05, 3.63) is 71.2 Å². The Morgan fingerprint density at radius 3 is 2.82 bits per heavy atom. The summed E-state index contributed by atoms with van der Waals surface area (Å²) in [5, 5.41) is 14.5. The van der Waals surface area contributed by atoms with Crippen LogP contribution in [0.4, 0.5) is 0 Å². The van der Waals surface area contributed by atoms with Crippen LogP contribution in [0.5, 0.6) is 5.75 Å². The summed E-state index contributed by atoms with van der Waals surface area (Å²) >= 11 is 1.60. The van der Waals surface area contributed by atoms with E-state index in [4.69, 9.17) is 9.94 Å². The summed E-state index contributed by atoms with van der Waals surface area (Å²) in [6.07, 6.45) is 1.36. The van der Waals surface area contributed by atoms with Crippen molar-refractivity contribution in [2.24, 2.45) is 5.16 Å². The van der Waals surface area contributed by atoms with Gasteiger partial charge in [-0.1, -0.05) is 47.6 Å². The van der Waals surface area contributed by atoms with E-state index < -0.39 is 0 Å². The normalized spacial score (nSPS) is 10.9. The van der Waals surface area contributed by atoms with Crippen molar-refractivity contribution in [3.63, 3.8) is 0 Å². The first-order chi connectivity index (χ1) is 10.8. The topological polar surface area (TPSA) is 54.7 Å². The van der Waals surface area contributed by atoms with Crippen LogP contribution in [0, 0.1) is 0 Å². The van der Waals surface area contributed by atoms with Crippen LogP contribution in [0.2, 0.25) is 0 Å². The van der Waals surface area contributed by atoms with E-state index in [1.54, 1.807) is 11.3 Å². The molecule has 0 unspecified atom stereocenters. The number of ether oxygens (including phenoxy) is 1. The highest BCUT2D eigenvalue weighted by Crippen LogP contribution is 2.24. The molecule has 110 valence electrons. The van der Waals surface area contributed by atoms with Gasteiger partial charge in [-0.25, -0.2) is 4.98 Å². The molecule has 3 aromatic rings. The maximum Gasteiger partial charge on any atom is 0.131 e. The smallest absolute Gasteiger partial charge is 0.131 e. The molecule has 0 atom stereocenters. The lowest BCUT2D eigenvalue weighted by molar-refractivity contribution is 0.302. The maximum atomic E-state index is 8.55. The van der Waals surface area contributed by atoms with Gasteiger partial charge in [0, 0.05) is 10.9 Å². The third-order valence-corrected chi connectivity index (χ3v) is 3.96. The summed E-state index contributed by atoms with van der Waals surface area (Å²) in [5.74, 6) is 0.715. The Hall–Kier alpha value is -2.66. The van der Waals surface area contributed by atoms with Gasteiger partial charge in [-0.05, 0) is 17.7 Å². The van der Waals surface area contributed by atoms with E-state index in [0.29, 0.717) is 12.4 Å². The summed E-state index contributed by atoms with van der Waals surface area (Å²) in [7, 11) is 0. The SMILES string of the molecule is O/N=C/c1cccc(OCc2csc(-c3ccccc3)n2)c1. The molecule has 5 heteroatoms. The van der Waals surface area contributed by atoms with E-state index in [9.17, 15) is 0 Å². The zero-order chi connectivity index (χ0) is 15.2. The van der Waals surface area contributed by atoms with Gasteiger partial charge in [-0.3, -0.25) is 0 Å². The van der Waals surface area contributed by atoms with E-state index in [-0.39, 0.29) is 0 Å². The fraction of sp³-hybridized carbons (Fsp3) is 0.0588. The standard InChI is InChI=1S/C17H14N2O2S/c20-18-10-13-5-4-8-16(9-13)21-11-15-12-22-17(19-15)14-6-2-1-3-7-14/h1-10,12,20H,11H2/b18-10+. The predicted molar refractivity (Wildman–Crippen MR) is 87.7 cm³/mol. The number of thiazole rings is 1. The highest BCUT2D eigenvalue weighted by molar-refractivity contribution is 7.13. The monoisotopic (exact) mass is 310 g/mol. The summed E-state index contributed by atoms with van der Waals surface area (Å²) in [5.41, 5.74) is 2.79. The number of oxime groups is 1. The molecule has 0 bridgehead atoms. The molecule has 0 aliphatic rings. The Balaban J connectivity index is 1.67. The third-order valence-electron chi connectivity index (χ3n) is 3.02. The molecule has 0 spiro atoms. The Kier molecular flexibility index (Phi) is 4.46. The van der Waals surface area contributed by atoms with Crippen LogP contribution < -0.4 is 4.74 Å². The van der Waals surface area contributed by atoms with Crippen LogP contribution in [-0.4, -0.2) is 16.4 Å². The van der Waals surface area contributed by atoms with Crippen LogP contribution in [0.1, 0.15) is 11.3 Å². The van der Waals surface area contributed by atoms with Gasteiger partial charge in [0.1, 0.15) is 17.4 Å². The third kappa shape index (κ3) is 3.51. The van der Waals surface area contributed by atoms with Gasteiger partial charge in [0.2, 0.25) is 0 Å². The molecule has 22 heavy (non-hydrogen) atoms. The minimum Gasteiger partial charge on any atom is -0.487 e. The Labute approximate surface area is 132 Å². The minimum atomic E-state index is 0.406. The Bertz CT molecular complexity index is 769. The number of rotatable bonds is 5. The van der Waals surface area contributed by atoms with Gasteiger partial charge in [0.25, 0.3) is 0 Å². The molecular formula is C17H14N2O2S. The van der Waals surface area contributed by atoms with Crippen molar-refractivity contribution in [2.45, 2.75) is 6.61 Å². The predicted octanol–water partition coefficient (Wildman–Crippen LogP) is 4.20. The molecule has 0 amide bonds. The van der Waals surface area contributed by atoms with E-state index in [0.717, 1.165) is 21.8 Å². The molecule has 0 aliphatic carbocycles. The first-order valence-corrected chi connectivity index (χ1v) is 7.63. The molecule has 0 saturated carbocycles. The molecule has 2 aromatic carbocycles. The lowest BCUT2D eigenvalue weighted by atomic mass is 10.2. The van der Waals surface area contributed by atoms with Crippen molar-refractivity contribution >= 4 is 17.6 Å². The largest absolute Gasteiger partial charge is 0.487 e. The number of nitrogens with zero attached hydrogens (tertiary/aromatic N) is 2. The van der Waals surface area contributed by atoms with Crippen LogP contribution in [-0.2, 0) is 6.61 Å². The number of benzene rings is 2. The lowest BCUT2D eigenvalue weighted by Crippen LogP contribution is -1.96. The molecular weight excluding hydrogens is 296 g/mol. The number of aromatic nitrogens is 1. The first-order valence-electron chi connectivity index (χ1n) is 6.75. The summed E-state index contributed by atoms with van der Waals surface area (Å²) in [4.78, 5) is 4.58. The zero-order valence-electron chi connectivity index (χ0n) is 11.7. The van der Waals surface area contributed by atoms with Gasteiger partial charge in [0.15, 0.2) is 0 Å². The van der Waals surface area contributed by atoms with E-state index in [1.807, 2.05) is 60.0 Å². The van der Waals surface area contributed by atoms with Crippen LogP contribution in [0.3, 0.4) is 0 Å². The molecule has 0 radical (unpaired) electrons. The Morgan fingerprint density at radius 2 is 2.00 bits per heavy atom. The average Bonchev–Trinajstić information content (AvgIpc) is 3.04.